The highest BCUT2D eigenvalue weighted by Gasteiger charge is 2.31. The van der Waals surface area contributed by atoms with E-state index in [1.165, 1.54) is 48.4 Å². The molecule has 3 aromatic carbocycles. The molecule has 0 N–H and O–H groups in total. The minimum atomic E-state index is -0.846. The lowest BCUT2D eigenvalue weighted by molar-refractivity contribution is -0.142. The van der Waals surface area contributed by atoms with E-state index in [0.29, 0.717) is 34.1 Å². The lowest BCUT2D eigenvalue weighted by Crippen LogP contribution is -2.31. The molecule has 0 aliphatic heterocycles. The van der Waals surface area contributed by atoms with Crippen molar-refractivity contribution in [3.63, 3.8) is 0 Å². The highest BCUT2D eigenvalue weighted by atomic mass is 16.6. The van der Waals surface area contributed by atoms with Crippen molar-refractivity contribution in [2.75, 3.05) is 35.0 Å². The third-order valence-corrected chi connectivity index (χ3v) is 6.22. The molecule has 44 heavy (non-hydrogen) atoms. The predicted molar refractivity (Wildman–Crippen MR) is 160 cm³/mol. The van der Waals surface area contributed by atoms with Gasteiger partial charge in [0, 0.05) is 31.9 Å². The highest BCUT2D eigenvalue weighted by molar-refractivity contribution is 5.87. The molecule has 11 heteroatoms. The van der Waals surface area contributed by atoms with Gasteiger partial charge in [-0.05, 0) is 48.0 Å². The van der Waals surface area contributed by atoms with Crippen molar-refractivity contribution in [1.82, 2.24) is 0 Å². The van der Waals surface area contributed by atoms with E-state index in [1.807, 2.05) is 6.07 Å². The van der Waals surface area contributed by atoms with Crippen molar-refractivity contribution in [3.8, 4) is 34.5 Å². The number of rotatable bonds is 15. The Balaban J connectivity index is 2.12. The standard InChI is InChI=1S/C33H36O11/c1-21(34)41-18-17-29(43-26-10-8-7-9-25(26)37-3)33(24-13-15-27(42-22(2)35)31(20-24)39-5)44-28-14-11-23(19-30(28)38-4)12-16-32(36)40-6/h7-16,19-20,29,33H,17-18H2,1-6H3/b16-12+/t29-,33-/m1/s1. The van der Waals surface area contributed by atoms with E-state index in [-0.39, 0.29) is 24.5 Å². The molecule has 0 aliphatic carbocycles. The normalized spacial score (nSPS) is 12.0. The molecular formula is C33H36O11. The predicted octanol–water partition coefficient (Wildman–Crippen LogP) is 5.34. The van der Waals surface area contributed by atoms with Gasteiger partial charge >= 0.3 is 17.9 Å². The summed E-state index contributed by atoms with van der Waals surface area (Å²) in [6.45, 7) is 2.65. The zero-order valence-electron chi connectivity index (χ0n) is 25.5. The summed E-state index contributed by atoms with van der Waals surface area (Å²) in [6, 6.07) is 17.2. The molecule has 0 aliphatic rings. The van der Waals surface area contributed by atoms with E-state index in [1.54, 1.807) is 60.7 Å². The first-order chi connectivity index (χ1) is 21.2. The van der Waals surface area contributed by atoms with Crippen LogP contribution in [0.1, 0.15) is 37.5 Å². The second kappa shape index (κ2) is 16.4. The van der Waals surface area contributed by atoms with Gasteiger partial charge in [-0.3, -0.25) is 9.59 Å². The maximum atomic E-state index is 11.7. The first-order valence-electron chi connectivity index (χ1n) is 13.6. The number of hydrogen-bond donors (Lipinski definition) is 0. The second-order valence-electron chi connectivity index (χ2n) is 9.25. The van der Waals surface area contributed by atoms with E-state index in [9.17, 15) is 14.4 Å². The van der Waals surface area contributed by atoms with Gasteiger partial charge < -0.3 is 37.9 Å². The number of ether oxygens (including phenoxy) is 8. The van der Waals surface area contributed by atoms with E-state index < -0.39 is 30.1 Å². The van der Waals surface area contributed by atoms with Gasteiger partial charge in [0.05, 0.1) is 35.0 Å². The maximum absolute atomic E-state index is 11.7. The minimum Gasteiger partial charge on any atom is -0.493 e. The van der Waals surface area contributed by atoms with Gasteiger partial charge in [0.2, 0.25) is 0 Å². The summed E-state index contributed by atoms with van der Waals surface area (Å²) in [7, 11) is 5.77. The number of benzene rings is 3. The molecule has 0 radical (unpaired) electrons. The van der Waals surface area contributed by atoms with Crippen LogP contribution in [0.2, 0.25) is 0 Å². The summed E-state index contributed by atoms with van der Waals surface area (Å²) in [4.78, 5) is 34.9. The van der Waals surface area contributed by atoms with E-state index in [0.717, 1.165) is 0 Å². The van der Waals surface area contributed by atoms with E-state index in [2.05, 4.69) is 4.74 Å². The Morgan fingerprint density at radius 1 is 0.705 bits per heavy atom. The summed E-state index contributed by atoms with van der Waals surface area (Å²) in [5, 5.41) is 0. The first-order valence-corrected chi connectivity index (χ1v) is 13.6. The lowest BCUT2D eigenvalue weighted by Gasteiger charge is -2.30. The molecule has 0 heterocycles. The van der Waals surface area contributed by atoms with E-state index in [4.69, 9.17) is 33.2 Å². The first kappa shape index (κ1) is 33.3. The van der Waals surface area contributed by atoms with Crippen LogP contribution in [0.4, 0.5) is 0 Å². The lowest BCUT2D eigenvalue weighted by atomic mass is 10.0. The molecule has 11 nitrogen and oxygen atoms in total. The molecule has 2 atom stereocenters. The molecule has 0 saturated heterocycles. The molecule has 3 rings (SSSR count). The van der Waals surface area contributed by atoms with Crippen molar-refractivity contribution >= 4 is 24.0 Å². The zero-order chi connectivity index (χ0) is 32.1. The van der Waals surface area contributed by atoms with Crippen LogP contribution in [0.25, 0.3) is 6.08 Å². The highest BCUT2D eigenvalue weighted by Crippen LogP contribution is 2.39. The number of carbonyl (C=O) groups is 3. The topological polar surface area (TPSA) is 125 Å². The Bertz CT molecular complexity index is 1460. The van der Waals surface area contributed by atoms with Crippen LogP contribution in [0, 0.1) is 0 Å². The van der Waals surface area contributed by atoms with Crippen molar-refractivity contribution in [2.45, 2.75) is 32.5 Å². The average Bonchev–Trinajstić information content (AvgIpc) is 3.02. The SMILES string of the molecule is COC(=O)/C=C/c1ccc(O[C@H](c2ccc(OC(C)=O)c(OC)c2)[C@@H](CCOC(C)=O)Oc2ccccc2OC)c(OC)c1. The minimum absolute atomic E-state index is 0.0338. The number of esters is 3. The van der Waals surface area contributed by atoms with Gasteiger partial charge in [-0.15, -0.1) is 0 Å². The molecule has 0 unspecified atom stereocenters. The quantitative estimate of drug-likeness (QED) is 0.126. The van der Waals surface area contributed by atoms with Gasteiger partial charge in [-0.2, -0.15) is 0 Å². The Kier molecular flexibility index (Phi) is 12.5. The van der Waals surface area contributed by atoms with E-state index >= 15 is 0 Å². The van der Waals surface area contributed by atoms with Crippen LogP contribution in [0.5, 0.6) is 34.5 Å². The number of hydrogen-bond acceptors (Lipinski definition) is 11. The molecule has 3 aromatic rings. The monoisotopic (exact) mass is 608 g/mol. The Morgan fingerprint density at radius 3 is 1.98 bits per heavy atom. The summed E-state index contributed by atoms with van der Waals surface area (Å²) in [5.41, 5.74) is 1.26. The molecule has 0 saturated carbocycles. The van der Waals surface area contributed by atoms with Gasteiger partial charge in [0.15, 0.2) is 40.6 Å². The van der Waals surface area contributed by atoms with Crippen molar-refractivity contribution in [2.24, 2.45) is 0 Å². The third-order valence-electron chi connectivity index (χ3n) is 6.22. The number of carbonyl (C=O) groups excluding carboxylic acids is 3. The van der Waals surface area contributed by atoms with Crippen LogP contribution >= 0.6 is 0 Å². The summed E-state index contributed by atoms with van der Waals surface area (Å²) < 4.78 is 45.0. The van der Waals surface area contributed by atoms with Crippen LogP contribution in [-0.4, -0.2) is 59.1 Å². The second-order valence-corrected chi connectivity index (χ2v) is 9.25. The number of methoxy groups -OCH3 is 4. The zero-order valence-corrected chi connectivity index (χ0v) is 25.5. The fraction of sp³-hybridized carbons (Fsp3) is 0.303. The molecule has 0 aromatic heterocycles. The fourth-order valence-electron chi connectivity index (χ4n) is 4.18. The average molecular weight is 609 g/mol. The largest absolute Gasteiger partial charge is 0.493 e. The Labute approximate surface area is 256 Å². The van der Waals surface area contributed by atoms with Crippen LogP contribution in [-0.2, 0) is 23.9 Å². The number of para-hydroxylation sites is 2. The molecule has 0 bridgehead atoms. The van der Waals surface area contributed by atoms with Crippen molar-refractivity contribution < 1.29 is 52.3 Å². The van der Waals surface area contributed by atoms with Crippen LogP contribution < -0.4 is 28.4 Å². The van der Waals surface area contributed by atoms with Crippen LogP contribution in [0.3, 0.4) is 0 Å². The molecule has 0 amide bonds. The maximum Gasteiger partial charge on any atom is 0.330 e. The van der Waals surface area contributed by atoms with Gasteiger partial charge in [-0.25, -0.2) is 4.79 Å². The summed E-state index contributed by atoms with van der Waals surface area (Å²) in [5.74, 6) is 0.734. The Morgan fingerprint density at radius 2 is 1.34 bits per heavy atom. The third kappa shape index (κ3) is 9.41. The molecule has 234 valence electrons. The van der Waals surface area contributed by atoms with Gasteiger partial charge in [0.25, 0.3) is 0 Å². The molecule has 0 spiro atoms. The van der Waals surface area contributed by atoms with Crippen LogP contribution in [0.15, 0.2) is 66.7 Å². The summed E-state index contributed by atoms with van der Waals surface area (Å²) in [6.07, 6.45) is 1.50. The smallest absolute Gasteiger partial charge is 0.330 e. The molecule has 0 fully saturated rings. The van der Waals surface area contributed by atoms with Gasteiger partial charge in [-0.1, -0.05) is 24.3 Å². The summed E-state index contributed by atoms with van der Waals surface area (Å²) >= 11 is 0. The Hall–Kier alpha value is -5.19. The fourth-order valence-corrected chi connectivity index (χ4v) is 4.18. The molecular weight excluding hydrogens is 572 g/mol. The van der Waals surface area contributed by atoms with Gasteiger partial charge in [0.1, 0.15) is 6.10 Å². The van der Waals surface area contributed by atoms with Crippen molar-refractivity contribution in [1.29, 1.82) is 0 Å². The van der Waals surface area contributed by atoms with Crippen molar-refractivity contribution in [3.05, 3.63) is 77.9 Å².